The van der Waals surface area contributed by atoms with Gasteiger partial charge in [0.2, 0.25) is 5.91 Å². The molecule has 0 saturated carbocycles. The van der Waals surface area contributed by atoms with Crippen LogP contribution in [0.15, 0.2) is 29.3 Å². The molecule has 1 aromatic carbocycles. The first-order valence-electron chi connectivity index (χ1n) is 7.37. The quantitative estimate of drug-likeness (QED) is 0.511. The minimum absolute atomic E-state index is 0.0408. The van der Waals surface area contributed by atoms with E-state index in [1.165, 1.54) is 25.1 Å². The summed E-state index contributed by atoms with van der Waals surface area (Å²) in [6.45, 7) is -0.618. The van der Waals surface area contributed by atoms with Gasteiger partial charge in [0, 0.05) is 12.1 Å². The molecule has 0 radical (unpaired) electrons. The van der Waals surface area contributed by atoms with Gasteiger partial charge in [-0.25, -0.2) is 8.78 Å². The van der Waals surface area contributed by atoms with Gasteiger partial charge in [0.25, 0.3) is 0 Å². The van der Waals surface area contributed by atoms with Crippen LogP contribution in [-0.4, -0.2) is 42.0 Å². The maximum Gasteiger partial charge on any atom is 0.406 e. The number of amides is 1. The Labute approximate surface area is 140 Å². The number of benzene rings is 1. The lowest BCUT2D eigenvalue weighted by atomic mass is 10.0. The number of aliphatic imine (C=N–C) groups is 1. The molecule has 1 aliphatic rings. The molecule has 0 saturated heterocycles. The molecule has 0 fully saturated rings. The van der Waals surface area contributed by atoms with E-state index >= 15 is 0 Å². The number of hydrogen-bond acceptors (Lipinski definition) is 2. The Morgan fingerprint density at radius 1 is 1.36 bits per heavy atom. The Kier molecular flexibility index (Phi) is 5.44. The first kappa shape index (κ1) is 18.9. The van der Waals surface area contributed by atoms with Crippen LogP contribution >= 0.6 is 0 Å². The number of alkyl halides is 3. The van der Waals surface area contributed by atoms with Gasteiger partial charge >= 0.3 is 6.18 Å². The lowest BCUT2D eigenvalue weighted by Gasteiger charge is -2.25. The highest BCUT2D eigenvalue weighted by molar-refractivity contribution is 5.89. The summed E-state index contributed by atoms with van der Waals surface area (Å²) in [5, 5.41) is 0. The zero-order valence-corrected chi connectivity index (χ0v) is 13.3. The van der Waals surface area contributed by atoms with E-state index in [-0.39, 0.29) is 23.4 Å². The molecule has 1 atom stereocenters. The van der Waals surface area contributed by atoms with Gasteiger partial charge in [-0.15, -0.1) is 0 Å². The highest BCUT2D eigenvalue weighted by Gasteiger charge is 2.37. The molecule has 0 aliphatic carbocycles. The third-order valence-electron chi connectivity index (χ3n) is 3.57. The van der Waals surface area contributed by atoms with Gasteiger partial charge in [0.05, 0.1) is 5.84 Å². The van der Waals surface area contributed by atoms with Crippen LogP contribution in [0.25, 0.3) is 5.57 Å². The molecule has 2 rings (SSSR count). The van der Waals surface area contributed by atoms with Crippen molar-refractivity contribution in [2.75, 3.05) is 13.1 Å². The average Bonchev–Trinajstić information content (AvgIpc) is 2.62. The van der Waals surface area contributed by atoms with Gasteiger partial charge in [-0.1, -0.05) is 18.2 Å². The van der Waals surface area contributed by atoms with Gasteiger partial charge in [-0.2, -0.15) is 13.2 Å². The van der Waals surface area contributed by atoms with E-state index in [4.69, 9.17) is 5.73 Å². The number of amidine groups is 1. The van der Waals surface area contributed by atoms with Crippen molar-refractivity contribution in [1.82, 2.24) is 4.90 Å². The first-order chi connectivity index (χ1) is 11.6. The Hall–Kier alpha value is -2.45. The number of carbonyl (C=O) groups excluding carboxylic acids is 1. The summed E-state index contributed by atoms with van der Waals surface area (Å²) in [6, 6.07) is 2.26. The zero-order valence-electron chi connectivity index (χ0n) is 13.3. The van der Waals surface area contributed by atoms with Crippen LogP contribution in [0.3, 0.4) is 0 Å². The Morgan fingerprint density at radius 2 is 2.04 bits per heavy atom. The van der Waals surface area contributed by atoms with Gasteiger partial charge in [0.1, 0.15) is 12.6 Å². The van der Waals surface area contributed by atoms with Crippen molar-refractivity contribution in [1.29, 1.82) is 0 Å². The number of nitrogens with two attached hydrogens (primary N) is 1. The fraction of sp³-hybridized carbons (Fsp3) is 0.375. The van der Waals surface area contributed by atoms with Crippen molar-refractivity contribution in [3.8, 4) is 0 Å². The normalized spacial score (nSPS) is 19.7. The molecule has 9 heteroatoms. The summed E-state index contributed by atoms with van der Waals surface area (Å²) in [7, 11) is 0. The minimum Gasteiger partial charge on any atom is -0.388 e. The first-order valence-corrected chi connectivity index (χ1v) is 7.37. The van der Waals surface area contributed by atoms with Crippen molar-refractivity contribution >= 4 is 17.3 Å². The Morgan fingerprint density at radius 3 is 2.64 bits per heavy atom. The van der Waals surface area contributed by atoms with E-state index < -0.39 is 42.8 Å². The summed E-state index contributed by atoms with van der Waals surface area (Å²) < 4.78 is 65.8. The van der Waals surface area contributed by atoms with Crippen LogP contribution in [0.4, 0.5) is 22.0 Å². The monoisotopic (exact) mass is 361 g/mol. The van der Waals surface area contributed by atoms with Crippen molar-refractivity contribution in [2.24, 2.45) is 10.7 Å². The number of rotatable bonds is 3. The van der Waals surface area contributed by atoms with Crippen LogP contribution in [0.5, 0.6) is 0 Å². The SMILES string of the molecule is CC(N)=NC1CC=C(c2cccc(F)c2F)CN(CC(F)(F)F)C1=O. The van der Waals surface area contributed by atoms with E-state index in [0.29, 0.717) is 4.90 Å². The second-order valence-corrected chi connectivity index (χ2v) is 5.66. The van der Waals surface area contributed by atoms with Crippen molar-refractivity contribution < 1.29 is 26.7 Å². The van der Waals surface area contributed by atoms with Crippen LogP contribution in [0.1, 0.15) is 18.9 Å². The van der Waals surface area contributed by atoms with E-state index in [0.717, 1.165) is 6.07 Å². The van der Waals surface area contributed by atoms with Crippen LogP contribution < -0.4 is 5.73 Å². The molecule has 1 heterocycles. The van der Waals surface area contributed by atoms with Crippen LogP contribution in [0, 0.1) is 11.6 Å². The molecule has 1 aliphatic heterocycles. The molecule has 1 aromatic rings. The molecule has 0 spiro atoms. The van der Waals surface area contributed by atoms with E-state index in [1.54, 1.807) is 0 Å². The summed E-state index contributed by atoms with van der Waals surface area (Å²) in [5.74, 6) is -3.13. The highest BCUT2D eigenvalue weighted by Crippen LogP contribution is 2.28. The topological polar surface area (TPSA) is 58.7 Å². The lowest BCUT2D eigenvalue weighted by molar-refractivity contribution is -0.160. The average molecular weight is 361 g/mol. The number of halogens is 5. The van der Waals surface area contributed by atoms with E-state index in [1.807, 2.05) is 0 Å². The van der Waals surface area contributed by atoms with Gasteiger partial charge in [-0.05, 0) is 25.0 Å². The number of nitrogens with zero attached hydrogens (tertiary/aromatic N) is 2. The summed E-state index contributed by atoms with van der Waals surface area (Å²) in [4.78, 5) is 16.7. The summed E-state index contributed by atoms with van der Waals surface area (Å²) in [6.07, 6.45) is -3.31. The molecular formula is C16H16F5N3O. The summed E-state index contributed by atoms with van der Waals surface area (Å²) in [5.41, 5.74) is 5.32. The lowest BCUT2D eigenvalue weighted by Crippen LogP contribution is -2.43. The van der Waals surface area contributed by atoms with E-state index in [9.17, 15) is 26.7 Å². The molecule has 136 valence electrons. The standard InChI is InChI=1S/C16H16F5N3O/c1-9(22)23-13-6-5-10(11-3-2-4-12(17)14(11)18)7-24(15(13)25)8-16(19,20)21/h2-5,13H,6-8H2,1H3,(H2,22,23). The maximum atomic E-state index is 14.0. The summed E-state index contributed by atoms with van der Waals surface area (Å²) >= 11 is 0. The Balaban J connectivity index is 2.44. The van der Waals surface area contributed by atoms with Crippen molar-refractivity contribution in [3.63, 3.8) is 0 Å². The fourth-order valence-corrected chi connectivity index (χ4v) is 2.56. The van der Waals surface area contributed by atoms with Gasteiger partial charge in [0.15, 0.2) is 11.6 Å². The van der Waals surface area contributed by atoms with Crippen molar-refractivity contribution in [2.45, 2.75) is 25.6 Å². The molecule has 0 aromatic heterocycles. The fourth-order valence-electron chi connectivity index (χ4n) is 2.56. The largest absolute Gasteiger partial charge is 0.406 e. The maximum absolute atomic E-state index is 14.0. The Bertz CT molecular complexity index is 723. The highest BCUT2D eigenvalue weighted by atomic mass is 19.4. The smallest absolute Gasteiger partial charge is 0.388 e. The molecule has 1 unspecified atom stereocenters. The predicted octanol–water partition coefficient (Wildman–Crippen LogP) is 2.89. The molecule has 25 heavy (non-hydrogen) atoms. The minimum atomic E-state index is -4.64. The molecule has 0 bridgehead atoms. The third kappa shape index (κ3) is 4.77. The number of hydrogen-bond donors (Lipinski definition) is 1. The molecule has 1 amide bonds. The third-order valence-corrected chi connectivity index (χ3v) is 3.57. The van der Waals surface area contributed by atoms with Gasteiger partial charge < -0.3 is 10.6 Å². The zero-order chi connectivity index (χ0) is 18.8. The second-order valence-electron chi connectivity index (χ2n) is 5.66. The van der Waals surface area contributed by atoms with Crippen LogP contribution in [-0.2, 0) is 4.79 Å². The molecule has 2 N–H and O–H groups in total. The predicted molar refractivity (Wildman–Crippen MR) is 82.7 cm³/mol. The molecule has 4 nitrogen and oxygen atoms in total. The van der Waals surface area contributed by atoms with Crippen molar-refractivity contribution in [3.05, 3.63) is 41.5 Å². The molecular weight excluding hydrogens is 345 g/mol. The van der Waals surface area contributed by atoms with E-state index in [2.05, 4.69) is 4.99 Å². The second kappa shape index (κ2) is 7.20. The van der Waals surface area contributed by atoms with Crippen LogP contribution in [0.2, 0.25) is 0 Å². The van der Waals surface area contributed by atoms with Gasteiger partial charge in [-0.3, -0.25) is 9.79 Å². The number of carbonyl (C=O) groups is 1.